The maximum Gasteiger partial charge on any atom is 0.352 e. The van der Waals surface area contributed by atoms with Gasteiger partial charge in [-0.05, 0) is 40.3 Å². The summed E-state index contributed by atoms with van der Waals surface area (Å²) in [7, 11) is 0. The summed E-state index contributed by atoms with van der Waals surface area (Å²) in [5, 5.41) is 31.9. The summed E-state index contributed by atoms with van der Waals surface area (Å²) in [5.74, 6) is -1.70. The molecule has 1 unspecified atom stereocenters. The number of aromatic nitrogens is 7. The number of para-hydroxylation sites is 1. The number of carbonyl (C=O) groups is 3. The number of fused-ring (bicyclic) bond motifs is 2. The van der Waals surface area contributed by atoms with E-state index in [2.05, 4.69) is 40.5 Å². The fraction of sp³-hybridized carbons (Fsp3) is 0.182. The lowest BCUT2D eigenvalue weighted by atomic mass is 10.0. The number of nitrogens with zero attached hydrogens (tertiary/aromatic N) is 9. The molecule has 2 amide bonds. The number of nitrogens with two attached hydrogens (primary N) is 1. The van der Waals surface area contributed by atoms with Crippen LogP contribution in [0.15, 0.2) is 63.9 Å². The van der Waals surface area contributed by atoms with E-state index >= 15 is 0 Å². The Hall–Kier alpha value is -4.62. The number of aliphatic carboxylic acids is 1. The number of thioether (sulfide) groups is 2. The van der Waals surface area contributed by atoms with Crippen LogP contribution in [0.1, 0.15) is 5.82 Å². The van der Waals surface area contributed by atoms with Crippen molar-refractivity contribution in [1.29, 1.82) is 0 Å². The molecule has 0 radical (unpaired) electrons. The number of amides is 2. The highest BCUT2D eigenvalue weighted by Gasteiger charge is 2.54. The number of tetrazole rings is 1. The Morgan fingerprint density at radius 2 is 2.07 bits per heavy atom. The first-order valence-electron chi connectivity index (χ1n) is 11.7. The molecule has 41 heavy (non-hydrogen) atoms. The molecule has 19 heteroatoms. The van der Waals surface area contributed by atoms with Crippen LogP contribution in [0.3, 0.4) is 0 Å². The van der Waals surface area contributed by atoms with E-state index < -0.39 is 29.2 Å². The summed E-state index contributed by atoms with van der Waals surface area (Å²) in [6.07, 6.45) is 0. The average Bonchev–Trinajstić information content (AvgIpc) is 3.63. The number of nitrogen functional groups attached to an aromatic ring is 1. The first-order chi connectivity index (χ1) is 19.9. The zero-order valence-corrected chi connectivity index (χ0v) is 23.0. The Morgan fingerprint density at radius 3 is 2.83 bits per heavy atom. The number of carbonyl (C=O) groups excluding carboxylic acids is 2. The maximum atomic E-state index is 13.2. The average molecular weight is 612 g/mol. The highest BCUT2D eigenvalue weighted by molar-refractivity contribution is 8.01. The highest BCUT2D eigenvalue weighted by Crippen LogP contribution is 2.41. The molecule has 208 valence electrons. The molecule has 1 fully saturated rings. The van der Waals surface area contributed by atoms with Gasteiger partial charge < -0.3 is 21.0 Å². The third kappa shape index (κ3) is 5.28. The quantitative estimate of drug-likeness (QED) is 0.100. The SMILES string of the molecule is Nc1nc(C(=NOc2ccccc2)C(=O)NC2C(=O)N3C(C(=O)O)=C(CSc4ccc5nnnn5n4)CS[C@@H]23)ns1. The third-order valence-corrected chi connectivity index (χ3v) is 8.72. The van der Waals surface area contributed by atoms with E-state index in [0.29, 0.717) is 27.7 Å². The lowest BCUT2D eigenvalue weighted by Crippen LogP contribution is -2.71. The van der Waals surface area contributed by atoms with E-state index in [4.69, 9.17) is 10.6 Å². The van der Waals surface area contributed by atoms with Gasteiger partial charge in [-0.15, -0.1) is 38.4 Å². The van der Waals surface area contributed by atoms with Crippen molar-refractivity contribution < 1.29 is 24.3 Å². The first-order valence-corrected chi connectivity index (χ1v) is 14.5. The van der Waals surface area contributed by atoms with Gasteiger partial charge in [0.2, 0.25) is 11.5 Å². The van der Waals surface area contributed by atoms with Crippen molar-refractivity contribution in [1.82, 2.24) is 44.8 Å². The molecule has 0 saturated carbocycles. The molecule has 1 aromatic carbocycles. The van der Waals surface area contributed by atoms with Gasteiger partial charge in [0.05, 0.1) is 0 Å². The molecule has 16 nitrogen and oxygen atoms in total. The second kappa shape index (κ2) is 11.1. The molecule has 2 atom stereocenters. The van der Waals surface area contributed by atoms with E-state index in [0.717, 1.165) is 11.5 Å². The Kier molecular flexibility index (Phi) is 7.20. The molecule has 5 heterocycles. The fourth-order valence-electron chi connectivity index (χ4n) is 3.97. The summed E-state index contributed by atoms with van der Waals surface area (Å²) >= 11 is 3.49. The number of carboxylic acids is 1. The number of hydrogen-bond donors (Lipinski definition) is 3. The molecule has 4 N–H and O–H groups in total. The third-order valence-electron chi connectivity index (χ3n) is 5.83. The second-order valence-corrected chi connectivity index (χ2v) is 11.3. The Bertz CT molecular complexity index is 1720. The normalized spacial score (nSPS) is 18.7. The maximum absolute atomic E-state index is 13.2. The van der Waals surface area contributed by atoms with Crippen molar-refractivity contribution in [2.24, 2.45) is 5.16 Å². The molecule has 1 saturated heterocycles. The number of hydrogen-bond acceptors (Lipinski definition) is 15. The van der Waals surface area contributed by atoms with Gasteiger partial charge in [-0.2, -0.15) is 9.36 Å². The van der Waals surface area contributed by atoms with Crippen molar-refractivity contribution in [3.63, 3.8) is 0 Å². The van der Waals surface area contributed by atoms with Crippen LogP contribution in [0.5, 0.6) is 5.75 Å². The molecule has 4 aromatic rings. The van der Waals surface area contributed by atoms with Crippen molar-refractivity contribution in [3.05, 3.63) is 59.6 Å². The smallest absolute Gasteiger partial charge is 0.352 e. The lowest BCUT2D eigenvalue weighted by Gasteiger charge is -2.49. The number of rotatable bonds is 9. The van der Waals surface area contributed by atoms with Gasteiger partial charge in [0.25, 0.3) is 11.8 Å². The number of benzene rings is 1. The van der Waals surface area contributed by atoms with E-state index in [1.807, 2.05) is 0 Å². The van der Waals surface area contributed by atoms with E-state index in [-0.39, 0.29) is 28.1 Å². The predicted octanol–water partition coefficient (Wildman–Crippen LogP) is 0.267. The van der Waals surface area contributed by atoms with Crippen LogP contribution in [0.25, 0.3) is 5.65 Å². The van der Waals surface area contributed by atoms with Crippen LogP contribution in [-0.2, 0) is 14.4 Å². The minimum Gasteiger partial charge on any atom is -0.477 e. The van der Waals surface area contributed by atoms with E-state index in [1.54, 1.807) is 42.5 Å². The monoisotopic (exact) mass is 611 g/mol. The van der Waals surface area contributed by atoms with Gasteiger partial charge in [-0.1, -0.05) is 23.4 Å². The van der Waals surface area contributed by atoms with Crippen molar-refractivity contribution >= 4 is 69.3 Å². The van der Waals surface area contributed by atoms with Crippen molar-refractivity contribution in [2.45, 2.75) is 16.4 Å². The molecule has 0 bridgehead atoms. The number of nitrogens with one attached hydrogen (secondary N) is 1. The molecule has 0 aliphatic carbocycles. The molecule has 6 rings (SSSR count). The largest absolute Gasteiger partial charge is 0.477 e. The molecule has 0 spiro atoms. The molecule has 2 aliphatic rings. The molecular weight excluding hydrogens is 595 g/mol. The minimum atomic E-state index is -1.24. The van der Waals surface area contributed by atoms with Crippen LogP contribution in [0, 0.1) is 0 Å². The summed E-state index contributed by atoms with van der Waals surface area (Å²) in [5.41, 5.74) is 6.31. The van der Waals surface area contributed by atoms with E-state index in [1.165, 1.54) is 33.1 Å². The fourth-order valence-corrected chi connectivity index (χ4v) is 6.74. The van der Waals surface area contributed by atoms with Gasteiger partial charge in [-0.25, -0.2) is 4.79 Å². The molecular formula is C22H17N11O5S3. The van der Waals surface area contributed by atoms with Crippen LogP contribution in [-0.4, -0.2) is 91.0 Å². The van der Waals surface area contributed by atoms with Gasteiger partial charge in [-0.3, -0.25) is 14.5 Å². The molecule has 2 aliphatic heterocycles. The topological polar surface area (TPSA) is 216 Å². The van der Waals surface area contributed by atoms with Gasteiger partial charge in [0.1, 0.15) is 22.1 Å². The summed E-state index contributed by atoms with van der Waals surface area (Å²) in [4.78, 5) is 49.2. The summed E-state index contributed by atoms with van der Waals surface area (Å²) in [6, 6.07) is 11.0. The predicted molar refractivity (Wildman–Crippen MR) is 147 cm³/mol. The lowest BCUT2D eigenvalue weighted by molar-refractivity contribution is -0.150. The number of β-lactam (4-membered cyclic amide) rings is 1. The minimum absolute atomic E-state index is 0.0697. The van der Waals surface area contributed by atoms with Gasteiger partial charge >= 0.3 is 5.97 Å². The van der Waals surface area contributed by atoms with Crippen LogP contribution < -0.4 is 15.9 Å². The van der Waals surface area contributed by atoms with Crippen LogP contribution in [0.4, 0.5) is 5.13 Å². The Labute approximate surface area is 242 Å². The second-order valence-electron chi connectivity index (χ2n) is 8.41. The first kappa shape index (κ1) is 26.6. The Morgan fingerprint density at radius 1 is 1.24 bits per heavy atom. The van der Waals surface area contributed by atoms with Gasteiger partial charge in [0, 0.05) is 23.0 Å². The number of carboxylic acid groups (broad SMARTS) is 1. The molecule has 3 aromatic heterocycles. The van der Waals surface area contributed by atoms with E-state index in [9.17, 15) is 19.5 Å². The number of anilines is 1. The standard InChI is InChI=1S/C22H17N11O5S3/c23-22-25-17(29-41-22)14(28-38-11-4-2-1-3-5-11)18(34)24-15-19(35)32-16(21(36)37)10(9-40-20(15)32)8-39-13-7-6-12-26-30-31-33(12)27-13/h1-7,15,20H,8-9H2,(H,24,34)(H,36,37)(H2,23,25,29)/t15?,20-/m0/s1. The van der Waals surface area contributed by atoms with Crippen molar-refractivity contribution in [3.8, 4) is 5.75 Å². The van der Waals surface area contributed by atoms with Gasteiger partial charge in [0.15, 0.2) is 16.5 Å². The highest BCUT2D eigenvalue weighted by atomic mass is 32.2. The Balaban J connectivity index is 1.18. The van der Waals surface area contributed by atoms with Crippen LogP contribution in [0.2, 0.25) is 0 Å². The number of oxime groups is 1. The summed E-state index contributed by atoms with van der Waals surface area (Å²) < 4.78 is 5.30. The zero-order chi connectivity index (χ0) is 28.5. The van der Waals surface area contributed by atoms with Crippen molar-refractivity contribution in [2.75, 3.05) is 17.2 Å². The summed E-state index contributed by atoms with van der Waals surface area (Å²) in [6.45, 7) is 0. The zero-order valence-electron chi connectivity index (χ0n) is 20.5. The van der Waals surface area contributed by atoms with Crippen LogP contribution >= 0.6 is 35.1 Å².